The van der Waals surface area contributed by atoms with Crippen LogP contribution in [0.3, 0.4) is 0 Å². The molecule has 38 heavy (non-hydrogen) atoms. The van der Waals surface area contributed by atoms with Gasteiger partial charge in [0.1, 0.15) is 12.4 Å². The summed E-state index contributed by atoms with van der Waals surface area (Å²) in [5.41, 5.74) is 3.95. The number of carbonyl (C=O) groups is 1. The summed E-state index contributed by atoms with van der Waals surface area (Å²) in [6.45, 7) is 10.3. The fourth-order valence-corrected chi connectivity index (χ4v) is 6.74. The molecule has 2 aliphatic heterocycles. The van der Waals surface area contributed by atoms with Crippen LogP contribution in [0.25, 0.3) is 10.9 Å². The van der Waals surface area contributed by atoms with Gasteiger partial charge in [0.25, 0.3) is 0 Å². The summed E-state index contributed by atoms with van der Waals surface area (Å²) in [6.07, 6.45) is 9.56. The Balaban J connectivity index is 1.26. The fraction of sp³-hybridized carbons (Fsp3) is 0.545. The number of carbonyl (C=O) groups excluding carboxylic acids is 1. The molecule has 0 radical (unpaired) electrons. The highest BCUT2D eigenvalue weighted by molar-refractivity contribution is 5.89. The molecule has 1 amide bonds. The van der Waals surface area contributed by atoms with Crippen LogP contribution in [0.1, 0.15) is 57.1 Å². The van der Waals surface area contributed by atoms with E-state index in [0.29, 0.717) is 12.3 Å². The van der Waals surface area contributed by atoms with Crippen molar-refractivity contribution in [3.8, 4) is 5.75 Å². The Hall–Kier alpha value is -2.79. The van der Waals surface area contributed by atoms with Crippen LogP contribution >= 0.6 is 0 Å². The van der Waals surface area contributed by atoms with Crippen LogP contribution in [-0.4, -0.2) is 59.6 Å². The minimum Gasteiger partial charge on any atom is -0.492 e. The molecule has 0 saturated carbocycles. The van der Waals surface area contributed by atoms with Gasteiger partial charge in [-0.25, -0.2) is 0 Å². The molecule has 3 heterocycles. The minimum atomic E-state index is 0.272. The molecule has 2 aromatic carbocycles. The van der Waals surface area contributed by atoms with Crippen molar-refractivity contribution in [3.63, 3.8) is 0 Å². The van der Waals surface area contributed by atoms with Crippen LogP contribution < -0.4 is 4.74 Å². The van der Waals surface area contributed by atoms with Gasteiger partial charge in [0.05, 0.1) is 6.42 Å². The Morgan fingerprint density at radius 3 is 2.55 bits per heavy atom. The van der Waals surface area contributed by atoms with E-state index < -0.39 is 0 Å². The normalized spacial score (nSPS) is 19.1. The maximum Gasteiger partial charge on any atom is 0.227 e. The molecule has 0 N–H and O–H groups in total. The maximum absolute atomic E-state index is 13.4. The molecule has 3 aromatic rings. The second-order valence-electron chi connectivity index (χ2n) is 12.1. The summed E-state index contributed by atoms with van der Waals surface area (Å²) >= 11 is 0. The van der Waals surface area contributed by atoms with E-state index in [1.807, 2.05) is 0 Å². The van der Waals surface area contributed by atoms with Crippen molar-refractivity contribution >= 4 is 16.8 Å². The number of ether oxygens (including phenoxy) is 1. The third-order valence-corrected chi connectivity index (χ3v) is 8.72. The molecule has 2 aliphatic rings. The molecule has 1 aromatic heterocycles. The van der Waals surface area contributed by atoms with Crippen LogP contribution in [-0.2, 0) is 24.7 Å². The maximum atomic E-state index is 13.4. The van der Waals surface area contributed by atoms with Gasteiger partial charge in [-0.2, -0.15) is 0 Å². The molecular formula is C33H45N3O2. The van der Waals surface area contributed by atoms with Crippen molar-refractivity contribution < 1.29 is 9.53 Å². The Morgan fingerprint density at radius 2 is 1.74 bits per heavy atom. The second kappa shape index (κ2) is 11.9. The van der Waals surface area contributed by atoms with Crippen molar-refractivity contribution in [2.24, 2.45) is 18.4 Å². The first-order chi connectivity index (χ1) is 18.4. The zero-order valence-electron chi connectivity index (χ0n) is 23.6. The SMILES string of the molecule is CC(C)CN1CCOc2ccccc2CCCCC2(CCN(C(=O)Cc3cn(C)c4ccccc34)CC2)C1. The summed E-state index contributed by atoms with van der Waals surface area (Å²) in [6, 6.07) is 17.0. The smallest absolute Gasteiger partial charge is 0.227 e. The fourth-order valence-electron chi connectivity index (χ4n) is 6.74. The van der Waals surface area contributed by atoms with Gasteiger partial charge in [0.15, 0.2) is 0 Å². The van der Waals surface area contributed by atoms with E-state index in [1.165, 1.54) is 35.7 Å². The Kier molecular flexibility index (Phi) is 8.42. The van der Waals surface area contributed by atoms with Crippen molar-refractivity contribution in [1.29, 1.82) is 0 Å². The predicted molar refractivity (Wildman–Crippen MR) is 156 cm³/mol. The van der Waals surface area contributed by atoms with Gasteiger partial charge in [-0.1, -0.05) is 56.7 Å². The first kappa shape index (κ1) is 26.8. The van der Waals surface area contributed by atoms with Gasteiger partial charge in [-0.3, -0.25) is 9.69 Å². The number of nitrogens with zero attached hydrogens (tertiary/aromatic N) is 3. The molecule has 1 spiro atoms. The number of fused-ring (bicyclic) bond motifs is 2. The average molecular weight is 516 g/mol. The highest BCUT2D eigenvalue weighted by atomic mass is 16.5. The zero-order chi connectivity index (χ0) is 26.5. The number of aryl methyl sites for hydroxylation is 2. The van der Waals surface area contributed by atoms with Crippen molar-refractivity contribution in [2.45, 2.75) is 58.8 Å². The lowest BCUT2D eigenvalue weighted by atomic mass is 9.73. The molecule has 1 fully saturated rings. The number of rotatable bonds is 4. The summed E-state index contributed by atoms with van der Waals surface area (Å²) in [7, 11) is 2.07. The first-order valence-corrected chi connectivity index (χ1v) is 14.7. The molecule has 5 rings (SSSR count). The van der Waals surface area contributed by atoms with E-state index in [4.69, 9.17) is 4.74 Å². The monoisotopic (exact) mass is 515 g/mol. The number of aromatic nitrogens is 1. The summed E-state index contributed by atoms with van der Waals surface area (Å²) < 4.78 is 8.43. The lowest BCUT2D eigenvalue weighted by molar-refractivity contribution is -0.133. The topological polar surface area (TPSA) is 37.7 Å². The third-order valence-electron chi connectivity index (χ3n) is 8.72. The summed E-state index contributed by atoms with van der Waals surface area (Å²) in [5, 5.41) is 1.20. The molecule has 204 valence electrons. The number of hydrogen-bond donors (Lipinski definition) is 0. The Bertz CT molecular complexity index is 1220. The van der Waals surface area contributed by atoms with Crippen LogP contribution in [0.2, 0.25) is 0 Å². The number of piperidine rings is 1. The van der Waals surface area contributed by atoms with Gasteiger partial charge < -0.3 is 14.2 Å². The number of hydrogen-bond acceptors (Lipinski definition) is 3. The van der Waals surface area contributed by atoms with Gasteiger partial charge in [0, 0.05) is 56.9 Å². The van der Waals surface area contributed by atoms with E-state index in [1.54, 1.807) is 0 Å². The first-order valence-electron chi connectivity index (χ1n) is 14.7. The van der Waals surface area contributed by atoms with Gasteiger partial charge in [-0.05, 0) is 66.7 Å². The molecule has 5 heteroatoms. The molecule has 0 atom stereocenters. The molecular weight excluding hydrogens is 470 g/mol. The quantitative estimate of drug-likeness (QED) is 0.422. The lowest BCUT2D eigenvalue weighted by Crippen LogP contribution is -2.49. The van der Waals surface area contributed by atoms with E-state index >= 15 is 0 Å². The van der Waals surface area contributed by atoms with Crippen molar-refractivity contribution in [2.75, 3.05) is 39.3 Å². The average Bonchev–Trinajstić information content (AvgIpc) is 3.22. The molecule has 0 bridgehead atoms. The number of benzene rings is 2. The molecule has 5 nitrogen and oxygen atoms in total. The van der Waals surface area contributed by atoms with Gasteiger partial charge in [-0.15, -0.1) is 0 Å². The number of para-hydroxylation sites is 2. The standard InChI is InChI=1S/C33H45N3O2/c1-26(2)23-35-20-21-38-31-14-7-4-10-27(31)11-8-9-15-33(25-35)16-18-36(19-17-33)32(37)22-28-24-34(3)30-13-6-5-12-29(28)30/h4-7,10,12-14,24,26H,8-9,11,15-23,25H2,1-3H3. The van der Waals surface area contributed by atoms with Crippen LogP contribution in [0.15, 0.2) is 54.7 Å². The van der Waals surface area contributed by atoms with Gasteiger partial charge in [0.2, 0.25) is 5.91 Å². The molecule has 1 saturated heterocycles. The minimum absolute atomic E-state index is 0.272. The Morgan fingerprint density at radius 1 is 0.974 bits per heavy atom. The zero-order valence-corrected chi connectivity index (χ0v) is 23.6. The molecule has 0 unspecified atom stereocenters. The number of amides is 1. The van der Waals surface area contributed by atoms with E-state index in [2.05, 4.69) is 90.0 Å². The molecule has 0 aliphatic carbocycles. The van der Waals surface area contributed by atoms with Gasteiger partial charge >= 0.3 is 0 Å². The van der Waals surface area contributed by atoms with E-state index in [9.17, 15) is 4.79 Å². The lowest BCUT2D eigenvalue weighted by Gasteiger charge is -2.45. The van der Waals surface area contributed by atoms with Crippen LogP contribution in [0.4, 0.5) is 0 Å². The largest absolute Gasteiger partial charge is 0.492 e. The van der Waals surface area contributed by atoms with Crippen LogP contribution in [0, 0.1) is 11.3 Å². The summed E-state index contributed by atoms with van der Waals surface area (Å²) in [4.78, 5) is 18.2. The number of likely N-dealkylation sites (tertiary alicyclic amines) is 1. The summed E-state index contributed by atoms with van der Waals surface area (Å²) in [5.74, 6) is 1.95. The Labute approximate surface area is 228 Å². The predicted octanol–water partition coefficient (Wildman–Crippen LogP) is 6.09. The van der Waals surface area contributed by atoms with E-state index in [0.717, 1.165) is 69.9 Å². The highest BCUT2D eigenvalue weighted by Gasteiger charge is 2.37. The third kappa shape index (κ3) is 6.26. The van der Waals surface area contributed by atoms with Crippen LogP contribution in [0.5, 0.6) is 5.75 Å². The van der Waals surface area contributed by atoms with E-state index in [-0.39, 0.29) is 11.3 Å². The van der Waals surface area contributed by atoms with Crippen molar-refractivity contribution in [1.82, 2.24) is 14.4 Å². The second-order valence-corrected chi connectivity index (χ2v) is 12.1. The highest BCUT2D eigenvalue weighted by Crippen LogP contribution is 2.39. The van der Waals surface area contributed by atoms with Crippen molar-refractivity contribution in [3.05, 3.63) is 65.9 Å².